The fourth-order valence-electron chi connectivity index (χ4n) is 0. The molecule has 0 aliphatic rings. The van der Waals surface area contributed by atoms with E-state index in [-0.39, 0.29) is 6.61 Å². The predicted molar refractivity (Wildman–Crippen MR) is 18.6 cm³/mol. The second kappa shape index (κ2) is 17.5. The third-order valence-corrected chi connectivity index (χ3v) is 0. The van der Waals surface area contributed by atoms with E-state index in [0.717, 1.165) is 38.1 Å². The van der Waals surface area contributed by atoms with Crippen molar-refractivity contribution in [3.63, 3.8) is 0 Å². The van der Waals surface area contributed by atoms with E-state index in [1.807, 2.05) is 0 Å². The molecule has 0 aliphatic carbocycles. The molecule has 0 aliphatic heterocycles. The Labute approximate surface area is 61.5 Å². The monoisotopic (exact) mass is 221 g/mol. The molecular weight excluding hydrogens is 216 g/mol. The van der Waals surface area contributed by atoms with E-state index < -0.39 is 0 Å². The minimum absolute atomic E-state index is 0.250. The quantitative estimate of drug-likeness (QED) is 0.638. The molecular formula is C2H6CeClO. The van der Waals surface area contributed by atoms with Crippen LogP contribution in [0, 0.1) is 38.1 Å². The third-order valence-electron chi connectivity index (χ3n) is 0. The van der Waals surface area contributed by atoms with Gasteiger partial charge in [0.1, 0.15) is 0 Å². The molecule has 0 radical (unpaired) electrons. The molecule has 0 fully saturated rings. The van der Waals surface area contributed by atoms with E-state index in [4.69, 9.17) is 10.7 Å². The number of aliphatic hydroxyl groups excluding tert-OH is 1. The van der Waals surface area contributed by atoms with Gasteiger partial charge in [-0.1, -0.05) is 0 Å². The summed E-state index contributed by atoms with van der Waals surface area (Å²) >= 11 is 0.778. The van der Waals surface area contributed by atoms with E-state index in [0.29, 0.717) is 0 Å². The first-order valence-corrected chi connectivity index (χ1v) is 5.15. The Balaban J connectivity index is 0. The summed E-state index contributed by atoms with van der Waals surface area (Å²) in [6, 6.07) is 0. The van der Waals surface area contributed by atoms with Crippen molar-refractivity contribution in [2.24, 2.45) is 0 Å². The summed E-state index contributed by atoms with van der Waals surface area (Å²) < 4.78 is 0. The van der Waals surface area contributed by atoms with Gasteiger partial charge in [0.15, 0.2) is 0 Å². The SMILES string of the molecule is CCO.[Cl][Ce]. The molecule has 0 saturated heterocycles. The molecule has 0 atom stereocenters. The molecule has 0 saturated carbocycles. The zero-order valence-corrected chi connectivity index (χ0v) is 6.93. The molecule has 5 heavy (non-hydrogen) atoms. The van der Waals surface area contributed by atoms with Crippen molar-refractivity contribution in [2.75, 3.05) is 6.61 Å². The van der Waals surface area contributed by atoms with Gasteiger partial charge in [-0.15, -0.1) is 0 Å². The van der Waals surface area contributed by atoms with Gasteiger partial charge < -0.3 is 5.11 Å². The zero-order chi connectivity index (χ0) is 4.71. The van der Waals surface area contributed by atoms with Crippen molar-refractivity contribution in [3.05, 3.63) is 0 Å². The predicted octanol–water partition coefficient (Wildman–Crippen LogP) is 0.688. The number of rotatable bonds is 0. The van der Waals surface area contributed by atoms with Gasteiger partial charge >= 0.3 is 43.7 Å². The molecule has 0 amide bonds. The fourth-order valence-corrected chi connectivity index (χ4v) is 0. The summed E-state index contributed by atoms with van der Waals surface area (Å²) in [6.45, 7) is 1.93. The summed E-state index contributed by atoms with van der Waals surface area (Å²) in [5, 5.41) is 7.57. The third kappa shape index (κ3) is 28.0. The van der Waals surface area contributed by atoms with Crippen molar-refractivity contribution in [2.45, 2.75) is 6.92 Å². The molecule has 1 N–H and O–H groups in total. The summed E-state index contributed by atoms with van der Waals surface area (Å²) in [5.74, 6) is 0. The van der Waals surface area contributed by atoms with Crippen LogP contribution in [-0.2, 0) is 0 Å². The van der Waals surface area contributed by atoms with Crippen LogP contribution in [0.4, 0.5) is 0 Å². The molecule has 31 valence electrons. The van der Waals surface area contributed by atoms with Crippen LogP contribution in [0.5, 0.6) is 0 Å². The van der Waals surface area contributed by atoms with Crippen molar-refractivity contribution < 1.29 is 43.2 Å². The number of aliphatic hydroxyl groups is 1. The number of hydrogen-bond acceptors (Lipinski definition) is 1. The average molecular weight is 222 g/mol. The van der Waals surface area contributed by atoms with Crippen LogP contribution in [0.3, 0.4) is 0 Å². The Bertz CT molecular complexity index is 9.61. The summed E-state index contributed by atoms with van der Waals surface area (Å²) in [4.78, 5) is 0. The van der Waals surface area contributed by atoms with E-state index in [1.54, 1.807) is 6.92 Å². The Morgan fingerprint density at radius 2 is 1.80 bits per heavy atom. The second-order valence-electron chi connectivity index (χ2n) is 0.316. The molecule has 0 aromatic carbocycles. The summed E-state index contributed by atoms with van der Waals surface area (Å²) in [6.07, 6.45) is 0. The molecule has 0 spiro atoms. The average Bonchev–Trinajstić information content (AvgIpc) is 1.46. The van der Waals surface area contributed by atoms with Gasteiger partial charge in [0.2, 0.25) is 0 Å². The van der Waals surface area contributed by atoms with Crippen LogP contribution in [0.25, 0.3) is 0 Å². The van der Waals surface area contributed by atoms with E-state index >= 15 is 0 Å². The van der Waals surface area contributed by atoms with Crippen molar-refractivity contribution in [1.29, 1.82) is 0 Å². The number of hydrogen-bond donors (Lipinski definition) is 1. The molecule has 0 bridgehead atoms. The molecule has 1 nitrogen and oxygen atoms in total. The Morgan fingerprint density at radius 1 is 1.80 bits per heavy atom. The standard InChI is InChI=1S/C2H6O.Ce.ClH/c1-2-3;;/h3H,2H2,1H3;;1H/q;+1;/p-1. The maximum absolute atomic E-state index is 7.57. The fraction of sp³-hybridized carbons (Fsp3) is 1.00. The van der Waals surface area contributed by atoms with Gasteiger partial charge in [0.05, 0.1) is 0 Å². The van der Waals surface area contributed by atoms with Crippen LogP contribution in [0.1, 0.15) is 6.92 Å². The van der Waals surface area contributed by atoms with Gasteiger partial charge in [-0.2, -0.15) is 0 Å². The normalized spacial score (nSPS) is 4.40. The topological polar surface area (TPSA) is 20.2 Å². The Kier molecular flexibility index (Phi) is 34.2. The van der Waals surface area contributed by atoms with Gasteiger partial charge in [0, 0.05) is 6.61 Å². The van der Waals surface area contributed by atoms with Crippen LogP contribution in [0.2, 0.25) is 0 Å². The van der Waals surface area contributed by atoms with Crippen molar-refractivity contribution in [3.8, 4) is 0 Å². The zero-order valence-electron chi connectivity index (χ0n) is 3.03. The molecule has 3 heteroatoms. The van der Waals surface area contributed by atoms with Crippen LogP contribution >= 0.6 is 5.63 Å². The first-order valence-electron chi connectivity index (χ1n) is 1.21. The van der Waals surface area contributed by atoms with E-state index in [2.05, 4.69) is 0 Å². The van der Waals surface area contributed by atoms with Gasteiger partial charge in [0.25, 0.3) is 0 Å². The molecule has 0 aromatic rings. The first kappa shape index (κ1) is 9.80. The van der Waals surface area contributed by atoms with Crippen molar-refractivity contribution >= 4 is 5.63 Å². The minimum atomic E-state index is 0.250. The van der Waals surface area contributed by atoms with Gasteiger partial charge in [-0.05, 0) is 6.92 Å². The van der Waals surface area contributed by atoms with Crippen molar-refractivity contribution in [1.82, 2.24) is 0 Å². The van der Waals surface area contributed by atoms with Gasteiger partial charge in [-0.25, -0.2) is 0 Å². The van der Waals surface area contributed by atoms with Crippen LogP contribution in [0.15, 0.2) is 0 Å². The maximum atomic E-state index is 7.57. The molecule has 0 rings (SSSR count). The van der Waals surface area contributed by atoms with Crippen LogP contribution in [-0.4, -0.2) is 11.7 Å². The van der Waals surface area contributed by atoms with E-state index in [9.17, 15) is 0 Å². The Hall–Kier alpha value is 1.63. The first-order chi connectivity index (χ1) is 2.41. The molecule has 0 unspecified atom stereocenters. The van der Waals surface area contributed by atoms with Crippen LogP contribution < -0.4 is 0 Å². The van der Waals surface area contributed by atoms with E-state index in [1.165, 1.54) is 0 Å². The second-order valence-corrected chi connectivity index (χ2v) is 0.316. The van der Waals surface area contributed by atoms with Gasteiger partial charge in [-0.3, -0.25) is 0 Å². The molecule has 0 heterocycles. The summed E-state index contributed by atoms with van der Waals surface area (Å²) in [5.41, 5.74) is 4.78. The number of halogens is 1. The Morgan fingerprint density at radius 3 is 1.80 bits per heavy atom. The molecule has 0 aromatic heterocycles. The summed E-state index contributed by atoms with van der Waals surface area (Å²) in [7, 11) is 0.